The number of pyridine rings is 1. The van der Waals surface area contributed by atoms with E-state index in [9.17, 15) is 14.9 Å². The number of amides is 1. The summed E-state index contributed by atoms with van der Waals surface area (Å²) in [6, 6.07) is 8.10. The average molecular weight is 345 g/mol. The number of nitrogens with one attached hydrogen (secondary N) is 1. The smallest absolute Gasteiger partial charge is 0.283 e. The number of aryl methyl sites for hydroxylation is 1. The lowest BCUT2D eigenvalue weighted by Gasteiger charge is -2.08. The first-order valence-corrected chi connectivity index (χ1v) is 8.50. The SMILES string of the molecule is Cc1ccnc(NC(=O)c2ccc(SCC(C)C)c([N+](=O)[O-])c2)c1. The monoisotopic (exact) mass is 345 g/mol. The van der Waals surface area contributed by atoms with Crippen molar-refractivity contribution in [1.82, 2.24) is 4.98 Å². The maximum Gasteiger partial charge on any atom is 0.283 e. The summed E-state index contributed by atoms with van der Waals surface area (Å²) in [5.74, 6) is 1.20. The maximum absolute atomic E-state index is 12.3. The third-order valence-electron chi connectivity index (χ3n) is 3.15. The summed E-state index contributed by atoms with van der Waals surface area (Å²) < 4.78 is 0. The summed E-state index contributed by atoms with van der Waals surface area (Å²) in [6.45, 7) is 5.99. The highest BCUT2D eigenvalue weighted by atomic mass is 32.2. The molecule has 0 aliphatic rings. The molecule has 24 heavy (non-hydrogen) atoms. The second kappa shape index (κ2) is 7.92. The Kier molecular flexibility index (Phi) is 5.92. The molecular weight excluding hydrogens is 326 g/mol. The maximum atomic E-state index is 12.3. The Morgan fingerprint density at radius 1 is 1.33 bits per heavy atom. The molecule has 1 amide bonds. The van der Waals surface area contributed by atoms with Gasteiger partial charge in [0, 0.05) is 23.6 Å². The molecule has 0 radical (unpaired) electrons. The molecule has 0 aliphatic carbocycles. The van der Waals surface area contributed by atoms with Crippen LogP contribution in [0.1, 0.15) is 29.8 Å². The first-order valence-electron chi connectivity index (χ1n) is 7.52. The Morgan fingerprint density at radius 3 is 2.71 bits per heavy atom. The van der Waals surface area contributed by atoms with Gasteiger partial charge in [0.1, 0.15) is 5.82 Å². The number of benzene rings is 1. The number of hydrogen-bond acceptors (Lipinski definition) is 5. The predicted molar refractivity (Wildman–Crippen MR) is 95.6 cm³/mol. The number of hydrogen-bond donors (Lipinski definition) is 1. The second-order valence-electron chi connectivity index (χ2n) is 5.82. The molecule has 126 valence electrons. The van der Waals surface area contributed by atoms with Gasteiger partial charge < -0.3 is 5.32 Å². The fourth-order valence-electron chi connectivity index (χ4n) is 1.97. The lowest BCUT2D eigenvalue weighted by Crippen LogP contribution is -2.13. The molecule has 1 N–H and O–H groups in total. The molecule has 6 nitrogen and oxygen atoms in total. The van der Waals surface area contributed by atoms with Crippen LogP contribution in [0.3, 0.4) is 0 Å². The number of carbonyl (C=O) groups is 1. The number of nitro benzene ring substituents is 1. The third-order valence-corrected chi connectivity index (χ3v) is 4.64. The molecule has 1 aromatic carbocycles. The highest BCUT2D eigenvalue weighted by Gasteiger charge is 2.18. The van der Waals surface area contributed by atoms with Crippen LogP contribution in [0.2, 0.25) is 0 Å². The number of aromatic nitrogens is 1. The Morgan fingerprint density at radius 2 is 2.08 bits per heavy atom. The van der Waals surface area contributed by atoms with E-state index in [0.29, 0.717) is 16.6 Å². The van der Waals surface area contributed by atoms with Crippen LogP contribution in [0.5, 0.6) is 0 Å². The van der Waals surface area contributed by atoms with Gasteiger partial charge in [-0.05, 0) is 42.7 Å². The van der Waals surface area contributed by atoms with Crippen LogP contribution in [-0.2, 0) is 0 Å². The Bertz CT molecular complexity index is 762. The van der Waals surface area contributed by atoms with Crippen molar-refractivity contribution in [3.8, 4) is 0 Å². The molecule has 0 saturated carbocycles. The van der Waals surface area contributed by atoms with Crippen molar-refractivity contribution in [2.45, 2.75) is 25.7 Å². The average Bonchev–Trinajstić information content (AvgIpc) is 2.52. The van der Waals surface area contributed by atoms with E-state index in [0.717, 1.165) is 11.3 Å². The summed E-state index contributed by atoms with van der Waals surface area (Å²) in [6.07, 6.45) is 1.60. The minimum atomic E-state index is -0.454. The second-order valence-corrected chi connectivity index (χ2v) is 6.88. The van der Waals surface area contributed by atoms with Crippen LogP contribution < -0.4 is 5.32 Å². The number of carbonyl (C=O) groups excluding carboxylic acids is 1. The largest absolute Gasteiger partial charge is 0.307 e. The van der Waals surface area contributed by atoms with Crippen molar-refractivity contribution >= 4 is 29.2 Å². The van der Waals surface area contributed by atoms with Gasteiger partial charge in [0.15, 0.2) is 0 Å². The first kappa shape index (κ1) is 17.9. The lowest BCUT2D eigenvalue weighted by atomic mass is 10.2. The number of nitro groups is 1. The highest BCUT2D eigenvalue weighted by Crippen LogP contribution is 2.31. The molecule has 0 saturated heterocycles. The molecule has 1 heterocycles. The van der Waals surface area contributed by atoms with Crippen LogP contribution in [0.15, 0.2) is 41.4 Å². The fourth-order valence-corrected chi connectivity index (χ4v) is 2.93. The molecule has 0 aliphatic heterocycles. The van der Waals surface area contributed by atoms with Crippen molar-refractivity contribution in [1.29, 1.82) is 0 Å². The van der Waals surface area contributed by atoms with Crippen LogP contribution in [-0.4, -0.2) is 21.6 Å². The molecule has 2 rings (SSSR count). The van der Waals surface area contributed by atoms with Crippen LogP contribution in [0.25, 0.3) is 0 Å². The minimum absolute atomic E-state index is 0.0505. The van der Waals surface area contributed by atoms with Gasteiger partial charge in [-0.25, -0.2) is 4.98 Å². The summed E-state index contributed by atoms with van der Waals surface area (Å²) in [4.78, 5) is 27.8. The van der Waals surface area contributed by atoms with E-state index < -0.39 is 10.8 Å². The van der Waals surface area contributed by atoms with Gasteiger partial charge in [0.25, 0.3) is 11.6 Å². The van der Waals surface area contributed by atoms with Gasteiger partial charge in [-0.3, -0.25) is 14.9 Å². The summed E-state index contributed by atoms with van der Waals surface area (Å²) in [5, 5.41) is 13.9. The fraction of sp³-hybridized carbons (Fsp3) is 0.294. The Labute approximate surface area is 144 Å². The van der Waals surface area contributed by atoms with E-state index in [4.69, 9.17) is 0 Å². The quantitative estimate of drug-likeness (QED) is 0.479. The Hall–Kier alpha value is -2.41. The first-order chi connectivity index (χ1) is 11.4. The summed E-state index contributed by atoms with van der Waals surface area (Å²) in [5.41, 5.74) is 1.15. The van der Waals surface area contributed by atoms with Crippen LogP contribution in [0, 0.1) is 23.0 Å². The molecule has 0 atom stereocenters. The zero-order valence-electron chi connectivity index (χ0n) is 13.8. The Balaban J connectivity index is 2.22. The zero-order chi connectivity index (χ0) is 17.7. The van der Waals surface area contributed by atoms with Crippen molar-refractivity contribution in [3.63, 3.8) is 0 Å². The summed E-state index contributed by atoms with van der Waals surface area (Å²) >= 11 is 1.42. The molecule has 0 spiro atoms. The number of nitrogens with zero attached hydrogens (tertiary/aromatic N) is 2. The van der Waals surface area contributed by atoms with Crippen LogP contribution >= 0.6 is 11.8 Å². The molecule has 2 aromatic rings. The minimum Gasteiger partial charge on any atom is -0.307 e. The lowest BCUT2D eigenvalue weighted by molar-refractivity contribution is -0.387. The zero-order valence-corrected chi connectivity index (χ0v) is 14.6. The van der Waals surface area contributed by atoms with Crippen molar-refractivity contribution < 1.29 is 9.72 Å². The standard InChI is InChI=1S/C17H19N3O3S/c1-11(2)10-24-15-5-4-13(9-14(15)20(22)23)17(21)19-16-8-12(3)6-7-18-16/h4-9,11H,10H2,1-3H3,(H,18,19,21). The third kappa shape index (κ3) is 4.79. The van der Waals surface area contributed by atoms with Crippen molar-refractivity contribution in [2.75, 3.05) is 11.1 Å². The van der Waals surface area contributed by atoms with Gasteiger partial charge in [-0.2, -0.15) is 0 Å². The van der Waals surface area contributed by atoms with Crippen molar-refractivity contribution in [3.05, 3.63) is 57.8 Å². The topological polar surface area (TPSA) is 85.1 Å². The van der Waals surface area contributed by atoms with Crippen LogP contribution in [0.4, 0.5) is 11.5 Å². The van der Waals surface area contributed by atoms with Gasteiger partial charge >= 0.3 is 0 Å². The van der Waals surface area contributed by atoms with Gasteiger partial charge in [-0.1, -0.05) is 13.8 Å². The molecule has 0 fully saturated rings. The van der Waals surface area contributed by atoms with E-state index in [1.54, 1.807) is 24.4 Å². The number of thioether (sulfide) groups is 1. The highest BCUT2D eigenvalue weighted by molar-refractivity contribution is 7.99. The van der Waals surface area contributed by atoms with Gasteiger partial charge in [-0.15, -0.1) is 11.8 Å². The number of anilines is 1. The van der Waals surface area contributed by atoms with E-state index in [2.05, 4.69) is 24.1 Å². The van der Waals surface area contributed by atoms with E-state index in [-0.39, 0.29) is 11.3 Å². The molecular formula is C17H19N3O3S. The van der Waals surface area contributed by atoms with Gasteiger partial charge in [0.2, 0.25) is 0 Å². The molecule has 1 aromatic heterocycles. The molecule has 7 heteroatoms. The molecule has 0 unspecified atom stereocenters. The van der Waals surface area contributed by atoms with E-state index in [1.807, 2.05) is 13.0 Å². The molecule has 0 bridgehead atoms. The normalized spacial score (nSPS) is 10.7. The van der Waals surface area contributed by atoms with E-state index in [1.165, 1.54) is 17.8 Å². The van der Waals surface area contributed by atoms with Crippen molar-refractivity contribution in [2.24, 2.45) is 5.92 Å². The summed E-state index contributed by atoms with van der Waals surface area (Å²) in [7, 11) is 0. The number of rotatable bonds is 6. The predicted octanol–water partition coefficient (Wildman–Crippen LogP) is 4.30. The van der Waals surface area contributed by atoms with Gasteiger partial charge in [0.05, 0.1) is 9.82 Å². The van der Waals surface area contributed by atoms with E-state index >= 15 is 0 Å².